The lowest BCUT2D eigenvalue weighted by Gasteiger charge is -2.36. The zero-order valence-corrected chi connectivity index (χ0v) is 38.1. The molecule has 338 valence electrons. The zero-order valence-electron chi connectivity index (χ0n) is 38.1. The van der Waals surface area contributed by atoms with Crippen LogP contribution < -0.4 is 20.8 Å². The molecular formula is C49H68N4O9. The number of piperidine rings is 1. The molecule has 4 N–H and O–H groups in total. The summed E-state index contributed by atoms with van der Waals surface area (Å²) in [5.41, 5.74) is -0.165. The van der Waals surface area contributed by atoms with E-state index in [-0.39, 0.29) is 93.8 Å². The lowest BCUT2D eigenvalue weighted by atomic mass is 9.80. The summed E-state index contributed by atoms with van der Waals surface area (Å²) in [6.45, 7) is 19.8. The highest BCUT2D eigenvalue weighted by Gasteiger charge is 2.39. The molecule has 0 saturated carbocycles. The van der Waals surface area contributed by atoms with E-state index in [9.17, 15) is 34.5 Å². The average molecular weight is 857 g/mol. The zero-order chi connectivity index (χ0) is 45.5. The monoisotopic (exact) mass is 856 g/mol. The predicted molar refractivity (Wildman–Crippen MR) is 240 cm³/mol. The number of allylic oxidation sites excluding steroid dienone is 5. The fourth-order valence-corrected chi connectivity index (χ4v) is 9.20. The predicted octanol–water partition coefficient (Wildman–Crippen LogP) is 7.21. The minimum absolute atomic E-state index is 0.00768. The van der Waals surface area contributed by atoms with Crippen molar-refractivity contribution in [1.29, 1.82) is 0 Å². The van der Waals surface area contributed by atoms with Crippen LogP contribution in [0.1, 0.15) is 123 Å². The van der Waals surface area contributed by atoms with Crippen LogP contribution in [0.5, 0.6) is 17.2 Å². The van der Waals surface area contributed by atoms with Gasteiger partial charge in [-0.1, -0.05) is 71.9 Å². The molecule has 2 aromatic carbocycles. The number of phenolic OH excluding ortho intramolecular Hbond substituents is 2. The number of aliphatic hydroxyl groups excluding tert-OH is 1. The molecule has 1 saturated heterocycles. The van der Waals surface area contributed by atoms with Crippen LogP contribution in [0.3, 0.4) is 0 Å². The maximum atomic E-state index is 14.7. The van der Waals surface area contributed by atoms with Gasteiger partial charge in [0.05, 0.1) is 29.0 Å². The highest BCUT2D eigenvalue weighted by molar-refractivity contribution is 6.16. The topological polar surface area (TPSA) is 187 Å². The fraction of sp³-hybridized carbons (Fsp3) is 0.592. The summed E-state index contributed by atoms with van der Waals surface area (Å²) in [6, 6.07) is 0. The van der Waals surface area contributed by atoms with Crippen LogP contribution in [0, 0.1) is 36.5 Å². The molecule has 13 nitrogen and oxygen atoms in total. The number of rotatable bonds is 9. The van der Waals surface area contributed by atoms with Gasteiger partial charge in [-0.2, -0.15) is 0 Å². The molecule has 5 rings (SSSR count). The van der Waals surface area contributed by atoms with Crippen LogP contribution >= 0.6 is 0 Å². The molecule has 3 aliphatic heterocycles. The first-order chi connectivity index (χ1) is 29.4. The third kappa shape index (κ3) is 10.8. The van der Waals surface area contributed by atoms with E-state index in [0.717, 1.165) is 25.9 Å². The quantitative estimate of drug-likeness (QED) is 0.0660. The van der Waals surface area contributed by atoms with Crippen LogP contribution in [0.2, 0.25) is 0 Å². The molecule has 62 heavy (non-hydrogen) atoms. The van der Waals surface area contributed by atoms with Gasteiger partial charge in [0.25, 0.3) is 5.91 Å². The molecule has 6 atom stereocenters. The summed E-state index contributed by atoms with van der Waals surface area (Å²) in [6.07, 6.45) is 11.2. The maximum Gasteiger partial charge on any atom is 0.306 e. The second kappa shape index (κ2) is 21.0. The Balaban J connectivity index is 1.69. The SMILES string of the molecule is CCOc1c(C)c(O)c2c(O)c3c4c(c2c1C(=O)C/C=C/C[C@@H](C)[C@@H](OC(=O)CCCC=O)[C@H](C)[C@H](O)[C@H](C)C[C@@H](C)/C=C/C=C(/C)C(=O)N3)=NC1(CCN(CC(C)C)CC1)N=4. The number of esters is 1. The number of likely N-dealkylation sites (tertiary alicyclic amines) is 1. The number of carbonyl (C=O) groups excluding carboxylic acids is 4. The first kappa shape index (κ1) is 48.2. The third-order valence-electron chi connectivity index (χ3n) is 12.6. The molecule has 0 unspecified atom stereocenters. The van der Waals surface area contributed by atoms with Gasteiger partial charge in [-0.3, -0.25) is 24.4 Å². The number of carbonyl (C=O) groups is 4. The summed E-state index contributed by atoms with van der Waals surface area (Å²) in [5, 5.41) is 39.3. The summed E-state index contributed by atoms with van der Waals surface area (Å²) >= 11 is 0. The molecular weight excluding hydrogens is 789 g/mol. The summed E-state index contributed by atoms with van der Waals surface area (Å²) in [4.78, 5) is 65.3. The van der Waals surface area contributed by atoms with Crippen molar-refractivity contribution in [3.8, 4) is 17.2 Å². The molecule has 3 heterocycles. The highest BCUT2D eigenvalue weighted by Crippen LogP contribution is 2.45. The molecule has 0 radical (unpaired) electrons. The molecule has 0 aliphatic carbocycles. The Hall–Kier alpha value is -4.88. The first-order valence-corrected chi connectivity index (χ1v) is 22.5. The van der Waals surface area contributed by atoms with Gasteiger partial charge in [-0.05, 0) is 63.7 Å². The van der Waals surface area contributed by atoms with Gasteiger partial charge in [0, 0.05) is 74.2 Å². The first-order valence-electron chi connectivity index (χ1n) is 22.5. The molecule has 2 aromatic rings. The number of phenols is 2. The Morgan fingerprint density at radius 2 is 1.71 bits per heavy atom. The molecule has 1 spiro atoms. The Kier molecular flexibility index (Phi) is 16.3. The van der Waals surface area contributed by atoms with Gasteiger partial charge in [-0.15, -0.1) is 0 Å². The van der Waals surface area contributed by atoms with Crippen molar-refractivity contribution in [3.63, 3.8) is 0 Å². The smallest absolute Gasteiger partial charge is 0.306 e. The van der Waals surface area contributed by atoms with Crippen LogP contribution in [-0.2, 0) is 19.1 Å². The molecule has 2 bridgehead atoms. The number of aliphatic hydroxyl groups is 1. The van der Waals surface area contributed by atoms with Gasteiger partial charge in [0.2, 0.25) is 0 Å². The number of anilines is 1. The summed E-state index contributed by atoms with van der Waals surface area (Å²) in [5.74, 6) is -2.20. The second-order valence-electron chi connectivity index (χ2n) is 18.2. The fourth-order valence-electron chi connectivity index (χ4n) is 9.20. The number of aromatic hydroxyl groups is 2. The number of aldehydes is 1. The van der Waals surface area contributed by atoms with Crippen molar-refractivity contribution in [3.05, 3.63) is 57.8 Å². The normalized spacial score (nSPS) is 26.9. The lowest BCUT2D eigenvalue weighted by molar-refractivity contribution is -0.158. The van der Waals surface area contributed by atoms with E-state index in [1.807, 2.05) is 39.8 Å². The molecule has 3 aliphatic rings. The second-order valence-corrected chi connectivity index (χ2v) is 18.2. The average Bonchev–Trinajstić information content (AvgIpc) is 3.60. The summed E-state index contributed by atoms with van der Waals surface area (Å²) < 4.78 is 12.2. The van der Waals surface area contributed by atoms with Gasteiger partial charge >= 0.3 is 5.97 Å². The van der Waals surface area contributed by atoms with E-state index in [0.29, 0.717) is 49.0 Å². The number of ketones is 1. The number of amides is 1. The van der Waals surface area contributed by atoms with E-state index in [2.05, 4.69) is 24.1 Å². The number of Topliss-reactive ketones (excluding diaryl/α,β-unsaturated/α-hetero) is 1. The van der Waals surface area contributed by atoms with Crippen LogP contribution in [0.15, 0.2) is 45.9 Å². The number of ether oxygens (including phenoxy) is 2. The van der Waals surface area contributed by atoms with Gasteiger partial charge in [0.1, 0.15) is 34.9 Å². The minimum Gasteiger partial charge on any atom is -0.507 e. The highest BCUT2D eigenvalue weighted by atomic mass is 16.5. The van der Waals surface area contributed by atoms with Crippen molar-refractivity contribution in [2.24, 2.45) is 39.6 Å². The number of nitrogens with one attached hydrogen (secondary N) is 1. The van der Waals surface area contributed by atoms with Gasteiger partial charge in [0.15, 0.2) is 17.2 Å². The van der Waals surface area contributed by atoms with Crippen molar-refractivity contribution < 1.29 is 44.0 Å². The maximum absolute atomic E-state index is 14.7. The van der Waals surface area contributed by atoms with Crippen LogP contribution in [0.4, 0.5) is 5.69 Å². The Morgan fingerprint density at radius 3 is 2.37 bits per heavy atom. The van der Waals surface area contributed by atoms with E-state index in [1.165, 1.54) is 0 Å². The standard InChI is InChI=1S/C49H68N4O9/c1-10-61-47-34(9)44(58)39-38-37(47)35(55)19-12-11-17-30(5)46(62-36(56)20-13-14-25-54)33(8)43(57)32(7)26-29(4)16-15-18-31(6)48(60)50-42(45(39)59)41-40(38)51-49(52-41)21-23-53(24-22-49)27-28(2)3/h11-12,15-16,18,25,28-30,32-33,43,46,57-59H,10,13-14,17,19-24,26-27H2,1-9H3,(H,50,60)/b12-11+,16-15+,31-18-/t29-,30+,32+,33+,43+,46+/m0/s1. The molecule has 1 fully saturated rings. The minimum atomic E-state index is -0.913. The third-order valence-corrected chi connectivity index (χ3v) is 12.6. The number of nitrogens with zero attached hydrogens (tertiary/aromatic N) is 3. The Bertz CT molecular complexity index is 2220. The molecule has 0 aromatic heterocycles. The number of unbranched alkanes of at least 4 members (excludes halogenated alkanes) is 1. The van der Waals surface area contributed by atoms with Crippen molar-refractivity contribution >= 4 is 40.4 Å². The van der Waals surface area contributed by atoms with Crippen molar-refractivity contribution in [2.75, 3.05) is 31.6 Å². The largest absolute Gasteiger partial charge is 0.507 e. The van der Waals surface area contributed by atoms with E-state index in [4.69, 9.17) is 19.5 Å². The van der Waals surface area contributed by atoms with Crippen molar-refractivity contribution in [1.82, 2.24) is 4.90 Å². The van der Waals surface area contributed by atoms with E-state index < -0.39 is 41.4 Å². The molecule has 1 amide bonds. The van der Waals surface area contributed by atoms with Gasteiger partial charge < -0.3 is 39.8 Å². The number of hydrogen-bond donors (Lipinski definition) is 4. The lowest BCUT2D eigenvalue weighted by Crippen LogP contribution is -2.43. The number of hydrogen-bond acceptors (Lipinski definition) is 12. The Morgan fingerprint density at radius 1 is 1.02 bits per heavy atom. The van der Waals surface area contributed by atoms with Crippen molar-refractivity contribution in [2.45, 2.75) is 132 Å². The molecule has 13 heteroatoms. The number of benzene rings is 2. The van der Waals surface area contributed by atoms with Crippen LogP contribution in [-0.4, -0.2) is 88.3 Å². The van der Waals surface area contributed by atoms with E-state index in [1.54, 1.807) is 39.0 Å². The summed E-state index contributed by atoms with van der Waals surface area (Å²) in [7, 11) is 0. The van der Waals surface area contributed by atoms with Crippen LogP contribution in [0.25, 0.3) is 10.8 Å². The van der Waals surface area contributed by atoms with Gasteiger partial charge in [-0.25, -0.2) is 0 Å². The Labute approximate surface area is 366 Å². The van der Waals surface area contributed by atoms with E-state index >= 15 is 0 Å².